The molecular formula is C15H23BN2O3. The van der Waals surface area contributed by atoms with Gasteiger partial charge in [0.05, 0.1) is 11.2 Å². The molecule has 0 aliphatic carbocycles. The van der Waals surface area contributed by atoms with Crippen molar-refractivity contribution in [1.82, 2.24) is 4.90 Å². The van der Waals surface area contributed by atoms with Crippen molar-refractivity contribution in [3.05, 3.63) is 24.3 Å². The molecule has 1 saturated heterocycles. The highest BCUT2D eigenvalue weighted by Gasteiger charge is 2.51. The molecule has 0 bridgehead atoms. The van der Waals surface area contributed by atoms with Gasteiger partial charge in [-0.25, -0.2) is 4.79 Å². The van der Waals surface area contributed by atoms with Crippen molar-refractivity contribution < 1.29 is 14.1 Å². The third-order valence-corrected chi connectivity index (χ3v) is 4.09. The molecule has 6 heteroatoms. The second kappa shape index (κ2) is 5.35. The van der Waals surface area contributed by atoms with Crippen LogP contribution in [0.5, 0.6) is 0 Å². The minimum atomic E-state index is -0.381. The molecule has 1 aliphatic heterocycles. The van der Waals surface area contributed by atoms with Gasteiger partial charge in [0.25, 0.3) is 0 Å². The van der Waals surface area contributed by atoms with Gasteiger partial charge in [0.1, 0.15) is 0 Å². The van der Waals surface area contributed by atoms with Gasteiger partial charge >= 0.3 is 13.1 Å². The zero-order valence-electron chi connectivity index (χ0n) is 13.6. The quantitative estimate of drug-likeness (QED) is 0.848. The maximum atomic E-state index is 11.6. The smallest absolute Gasteiger partial charge is 0.399 e. The monoisotopic (exact) mass is 290 g/mol. The predicted molar refractivity (Wildman–Crippen MR) is 84.9 cm³/mol. The molecule has 0 spiro atoms. The van der Waals surface area contributed by atoms with Crippen molar-refractivity contribution in [2.24, 2.45) is 0 Å². The van der Waals surface area contributed by atoms with Crippen LogP contribution in [0.1, 0.15) is 27.7 Å². The molecule has 1 aliphatic rings. The number of anilines is 1. The van der Waals surface area contributed by atoms with Crippen LogP contribution in [0, 0.1) is 0 Å². The molecular weight excluding hydrogens is 267 g/mol. The van der Waals surface area contributed by atoms with Crippen LogP contribution in [-0.4, -0.2) is 43.3 Å². The second-order valence-electron chi connectivity index (χ2n) is 6.53. The molecule has 1 heterocycles. The van der Waals surface area contributed by atoms with Crippen LogP contribution in [-0.2, 0) is 9.31 Å². The van der Waals surface area contributed by atoms with Gasteiger partial charge in [-0.1, -0.05) is 12.1 Å². The number of carbonyl (C=O) groups is 1. The molecule has 0 radical (unpaired) electrons. The van der Waals surface area contributed by atoms with Crippen LogP contribution >= 0.6 is 0 Å². The number of nitrogens with zero attached hydrogens (tertiary/aromatic N) is 1. The number of hydrogen-bond donors (Lipinski definition) is 1. The molecule has 0 aromatic heterocycles. The van der Waals surface area contributed by atoms with E-state index in [1.807, 2.05) is 52.0 Å². The van der Waals surface area contributed by atoms with Gasteiger partial charge < -0.3 is 19.5 Å². The number of hydrogen-bond acceptors (Lipinski definition) is 3. The third-order valence-electron chi connectivity index (χ3n) is 4.09. The SMILES string of the molecule is CN(C)C(=O)Nc1ccc(B2OC(C)(C)C(C)(C)O2)cc1. The van der Waals surface area contributed by atoms with Crippen LogP contribution in [0.15, 0.2) is 24.3 Å². The summed E-state index contributed by atoms with van der Waals surface area (Å²) in [6, 6.07) is 7.36. The minimum Gasteiger partial charge on any atom is -0.399 e. The number of benzene rings is 1. The van der Waals surface area contributed by atoms with Crippen LogP contribution in [0.25, 0.3) is 0 Å². The van der Waals surface area contributed by atoms with Crippen LogP contribution in [0.4, 0.5) is 10.5 Å². The van der Waals surface area contributed by atoms with Crippen LogP contribution in [0.2, 0.25) is 0 Å². The lowest BCUT2D eigenvalue weighted by atomic mass is 9.79. The first-order chi connectivity index (χ1) is 9.62. The summed E-state index contributed by atoms with van der Waals surface area (Å²) in [5.41, 5.74) is 0.982. The molecule has 1 N–H and O–H groups in total. The zero-order valence-corrected chi connectivity index (χ0v) is 13.6. The highest BCUT2D eigenvalue weighted by Crippen LogP contribution is 2.36. The lowest BCUT2D eigenvalue weighted by Gasteiger charge is -2.32. The van der Waals surface area contributed by atoms with Crippen LogP contribution in [0.3, 0.4) is 0 Å². The van der Waals surface area contributed by atoms with Crippen molar-refractivity contribution >= 4 is 24.3 Å². The summed E-state index contributed by atoms with van der Waals surface area (Å²) >= 11 is 0. The van der Waals surface area contributed by atoms with Crippen molar-refractivity contribution in [2.45, 2.75) is 38.9 Å². The standard InChI is InChI=1S/C15H23BN2O3/c1-14(2)15(3,4)21-16(20-14)11-7-9-12(10-8-11)17-13(19)18(5)6/h7-10H,1-6H3,(H,17,19). The summed E-state index contributed by atoms with van der Waals surface area (Å²) in [6.45, 7) is 8.11. The molecule has 114 valence electrons. The summed E-state index contributed by atoms with van der Waals surface area (Å²) in [5, 5.41) is 2.80. The van der Waals surface area contributed by atoms with Crippen molar-refractivity contribution in [2.75, 3.05) is 19.4 Å². The van der Waals surface area contributed by atoms with Gasteiger partial charge in [0.2, 0.25) is 0 Å². The van der Waals surface area contributed by atoms with E-state index in [1.54, 1.807) is 14.1 Å². The van der Waals surface area contributed by atoms with Gasteiger partial charge in [-0.3, -0.25) is 0 Å². The predicted octanol–water partition coefficient (Wildman–Crippen LogP) is 2.08. The Kier molecular flexibility index (Phi) is 4.04. The summed E-state index contributed by atoms with van der Waals surface area (Å²) in [5.74, 6) is 0. The Labute approximate surface area is 126 Å². The van der Waals surface area contributed by atoms with E-state index in [0.717, 1.165) is 11.2 Å². The van der Waals surface area contributed by atoms with Crippen molar-refractivity contribution in [3.63, 3.8) is 0 Å². The highest BCUT2D eigenvalue weighted by molar-refractivity contribution is 6.62. The molecule has 2 rings (SSSR count). The number of carbonyl (C=O) groups excluding carboxylic acids is 1. The highest BCUT2D eigenvalue weighted by atomic mass is 16.7. The molecule has 1 aromatic rings. The largest absolute Gasteiger partial charge is 0.494 e. The Bertz CT molecular complexity index is 510. The Morgan fingerprint density at radius 2 is 1.52 bits per heavy atom. The first kappa shape index (κ1) is 15.9. The van der Waals surface area contributed by atoms with E-state index in [0.29, 0.717) is 0 Å². The first-order valence-corrected chi connectivity index (χ1v) is 7.06. The normalized spacial score (nSPS) is 19.4. The summed E-state index contributed by atoms with van der Waals surface area (Å²) < 4.78 is 12.0. The van der Waals surface area contributed by atoms with Gasteiger partial charge in [-0.15, -0.1) is 0 Å². The average molecular weight is 290 g/mol. The fourth-order valence-corrected chi connectivity index (χ4v) is 1.94. The second-order valence-corrected chi connectivity index (χ2v) is 6.53. The van der Waals surface area contributed by atoms with Gasteiger partial charge in [-0.2, -0.15) is 0 Å². The lowest BCUT2D eigenvalue weighted by molar-refractivity contribution is 0.00578. The maximum Gasteiger partial charge on any atom is 0.494 e. The summed E-state index contributed by atoms with van der Waals surface area (Å²) in [6.07, 6.45) is 0. The van der Waals surface area contributed by atoms with E-state index < -0.39 is 0 Å². The fourth-order valence-electron chi connectivity index (χ4n) is 1.94. The van der Waals surface area contributed by atoms with E-state index in [2.05, 4.69) is 5.32 Å². The Balaban J connectivity index is 2.09. The van der Waals surface area contributed by atoms with E-state index in [4.69, 9.17) is 9.31 Å². The maximum absolute atomic E-state index is 11.6. The lowest BCUT2D eigenvalue weighted by Crippen LogP contribution is -2.41. The van der Waals surface area contributed by atoms with E-state index in [9.17, 15) is 4.79 Å². The number of nitrogens with one attached hydrogen (secondary N) is 1. The Morgan fingerprint density at radius 3 is 1.95 bits per heavy atom. The van der Waals surface area contributed by atoms with E-state index >= 15 is 0 Å². The topological polar surface area (TPSA) is 50.8 Å². The summed E-state index contributed by atoms with van der Waals surface area (Å²) in [4.78, 5) is 13.1. The number of urea groups is 1. The summed E-state index contributed by atoms with van der Waals surface area (Å²) in [7, 11) is 3.02. The van der Waals surface area contributed by atoms with Gasteiger partial charge in [0.15, 0.2) is 0 Å². The van der Waals surface area contributed by atoms with E-state index in [-0.39, 0.29) is 24.4 Å². The molecule has 5 nitrogen and oxygen atoms in total. The Hall–Kier alpha value is -1.53. The molecule has 0 saturated carbocycles. The fraction of sp³-hybridized carbons (Fsp3) is 0.533. The van der Waals surface area contributed by atoms with Gasteiger partial charge in [-0.05, 0) is 45.3 Å². The van der Waals surface area contributed by atoms with Gasteiger partial charge in [0, 0.05) is 19.8 Å². The zero-order chi connectivity index (χ0) is 15.8. The molecule has 0 unspecified atom stereocenters. The minimum absolute atomic E-state index is 0.154. The Morgan fingerprint density at radius 1 is 1.05 bits per heavy atom. The molecule has 1 fully saturated rings. The number of amides is 2. The van der Waals surface area contributed by atoms with E-state index in [1.165, 1.54) is 4.90 Å². The third kappa shape index (κ3) is 3.22. The van der Waals surface area contributed by atoms with Crippen molar-refractivity contribution in [3.8, 4) is 0 Å². The molecule has 1 aromatic carbocycles. The number of rotatable bonds is 2. The molecule has 0 atom stereocenters. The van der Waals surface area contributed by atoms with Crippen LogP contribution < -0.4 is 10.8 Å². The average Bonchev–Trinajstić information content (AvgIpc) is 2.59. The first-order valence-electron chi connectivity index (χ1n) is 7.06. The van der Waals surface area contributed by atoms with Crippen molar-refractivity contribution in [1.29, 1.82) is 0 Å². The molecule has 2 amide bonds. The molecule has 21 heavy (non-hydrogen) atoms.